The van der Waals surface area contributed by atoms with Gasteiger partial charge in [-0.1, -0.05) is 12.1 Å². The Labute approximate surface area is 110 Å². The van der Waals surface area contributed by atoms with Crippen LogP contribution in [-0.4, -0.2) is 20.3 Å². The van der Waals surface area contributed by atoms with Crippen LogP contribution in [0.25, 0.3) is 11.0 Å². The molecule has 0 fully saturated rings. The highest BCUT2D eigenvalue weighted by Gasteiger charge is 2.07. The minimum atomic E-state index is 0.161. The Morgan fingerprint density at radius 1 is 1.11 bits per heavy atom. The summed E-state index contributed by atoms with van der Waals surface area (Å²) in [5, 5.41) is 0. The third-order valence-electron chi connectivity index (χ3n) is 3.02. The third-order valence-corrected chi connectivity index (χ3v) is 3.02. The summed E-state index contributed by atoms with van der Waals surface area (Å²) < 4.78 is 1.89. The largest absolute Gasteiger partial charge is 0.323 e. The molecule has 0 aliphatic rings. The van der Waals surface area contributed by atoms with E-state index in [0.717, 1.165) is 16.6 Å². The summed E-state index contributed by atoms with van der Waals surface area (Å²) in [4.78, 5) is 20.3. The normalized spacial score (nSPS) is 10.7. The van der Waals surface area contributed by atoms with Gasteiger partial charge in [0.25, 0.3) is 0 Å². The van der Waals surface area contributed by atoms with E-state index in [4.69, 9.17) is 0 Å². The molecule has 0 saturated heterocycles. The number of aromatic nitrogens is 3. The van der Waals surface area contributed by atoms with Gasteiger partial charge in [-0.05, 0) is 29.8 Å². The quantitative estimate of drug-likeness (QED) is 0.714. The van der Waals surface area contributed by atoms with Crippen molar-refractivity contribution in [1.82, 2.24) is 14.5 Å². The van der Waals surface area contributed by atoms with E-state index in [0.29, 0.717) is 13.0 Å². The maximum Gasteiger partial charge on any atom is 0.156 e. The fourth-order valence-electron chi connectivity index (χ4n) is 2.11. The number of carbonyl (C=O) groups excluding carboxylic acids is 1. The predicted octanol–water partition coefficient (Wildman–Crippen LogP) is 2.24. The number of fused-ring (bicyclic) bond motifs is 1. The Morgan fingerprint density at radius 3 is 2.74 bits per heavy atom. The number of hydrogen-bond donors (Lipinski definition) is 0. The second kappa shape index (κ2) is 5.02. The average molecular weight is 251 g/mol. The number of ketones is 1. The lowest BCUT2D eigenvalue weighted by Gasteiger charge is -2.03. The van der Waals surface area contributed by atoms with Crippen LogP contribution in [0.15, 0.2) is 55.1 Å². The van der Waals surface area contributed by atoms with Crippen molar-refractivity contribution in [2.24, 2.45) is 0 Å². The highest BCUT2D eigenvalue weighted by molar-refractivity contribution is 5.83. The molecule has 0 bridgehead atoms. The van der Waals surface area contributed by atoms with Crippen LogP contribution in [0.1, 0.15) is 5.56 Å². The Hall–Kier alpha value is -2.49. The summed E-state index contributed by atoms with van der Waals surface area (Å²) in [6.45, 7) is 0.350. The standard InChI is InChI=1S/C15H13N3O/c19-13(9-12-5-7-16-8-6-12)10-18-11-17-14-3-1-2-4-15(14)18/h1-8,11H,9-10H2. The van der Waals surface area contributed by atoms with Crippen molar-refractivity contribution >= 4 is 16.8 Å². The maximum absolute atomic E-state index is 12.1. The predicted molar refractivity (Wildman–Crippen MR) is 72.7 cm³/mol. The van der Waals surface area contributed by atoms with Crippen molar-refractivity contribution < 1.29 is 4.79 Å². The van der Waals surface area contributed by atoms with Crippen LogP contribution in [0.5, 0.6) is 0 Å². The molecular formula is C15H13N3O. The van der Waals surface area contributed by atoms with E-state index in [2.05, 4.69) is 9.97 Å². The highest BCUT2D eigenvalue weighted by Crippen LogP contribution is 2.12. The second-order valence-corrected chi connectivity index (χ2v) is 4.43. The van der Waals surface area contributed by atoms with Crippen LogP contribution in [-0.2, 0) is 17.8 Å². The van der Waals surface area contributed by atoms with Gasteiger partial charge in [0.15, 0.2) is 5.78 Å². The minimum Gasteiger partial charge on any atom is -0.323 e. The van der Waals surface area contributed by atoms with E-state index >= 15 is 0 Å². The Bertz CT molecular complexity index is 703. The lowest BCUT2D eigenvalue weighted by Crippen LogP contribution is -2.11. The summed E-state index contributed by atoms with van der Waals surface area (Å²) in [6, 6.07) is 11.5. The number of para-hydroxylation sites is 2. The van der Waals surface area contributed by atoms with E-state index in [1.807, 2.05) is 41.0 Å². The molecule has 0 amide bonds. The molecule has 0 aliphatic heterocycles. The average Bonchev–Trinajstić information content (AvgIpc) is 2.83. The molecule has 2 aromatic heterocycles. The number of nitrogens with zero attached hydrogens (tertiary/aromatic N) is 3. The number of pyridine rings is 1. The number of hydrogen-bond acceptors (Lipinski definition) is 3. The number of Topliss-reactive ketones (excluding diaryl/α,β-unsaturated/α-hetero) is 1. The summed E-state index contributed by atoms with van der Waals surface area (Å²) in [5.41, 5.74) is 2.90. The SMILES string of the molecule is O=C(Cc1ccncc1)Cn1cnc2ccccc21. The molecule has 4 heteroatoms. The second-order valence-electron chi connectivity index (χ2n) is 4.43. The topological polar surface area (TPSA) is 47.8 Å². The van der Waals surface area contributed by atoms with Crippen LogP contribution < -0.4 is 0 Å². The molecule has 0 radical (unpaired) electrons. The van der Waals surface area contributed by atoms with Crippen molar-refractivity contribution in [1.29, 1.82) is 0 Å². The lowest BCUT2D eigenvalue weighted by molar-refractivity contribution is -0.118. The Balaban J connectivity index is 1.76. The summed E-state index contributed by atoms with van der Waals surface area (Å²) in [7, 11) is 0. The van der Waals surface area contributed by atoms with E-state index < -0.39 is 0 Å². The molecule has 0 unspecified atom stereocenters. The number of benzene rings is 1. The zero-order valence-corrected chi connectivity index (χ0v) is 10.4. The lowest BCUT2D eigenvalue weighted by atomic mass is 10.1. The van der Waals surface area contributed by atoms with Gasteiger partial charge in [0.05, 0.1) is 23.9 Å². The van der Waals surface area contributed by atoms with Gasteiger partial charge in [0.2, 0.25) is 0 Å². The zero-order chi connectivity index (χ0) is 13.1. The summed E-state index contributed by atoms with van der Waals surface area (Å²) in [5.74, 6) is 0.161. The van der Waals surface area contributed by atoms with Gasteiger partial charge in [-0.25, -0.2) is 4.98 Å². The first-order chi connectivity index (χ1) is 9.33. The molecule has 0 aliphatic carbocycles. The number of imidazole rings is 1. The molecule has 0 spiro atoms. The minimum absolute atomic E-state index is 0.161. The van der Waals surface area contributed by atoms with Crippen molar-refractivity contribution in [3.05, 3.63) is 60.7 Å². The molecule has 94 valence electrons. The van der Waals surface area contributed by atoms with Crippen molar-refractivity contribution in [3.8, 4) is 0 Å². The van der Waals surface area contributed by atoms with Crippen LogP contribution in [0.2, 0.25) is 0 Å². The van der Waals surface area contributed by atoms with Gasteiger partial charge in [0, 0.05) is 18.8 Å². The third kappa shape index (κ3) is 2.52. The van der Waals surface area contributed by atoms with Gasteiger partial charge >= 0.3 is 0 Å². The molecular weight excluding hydrogens is 238 g/mol. The zero-order valence-electron chi connectivity index (χ0n) is 10.4. The van der Waals surface area contributed by atoms with Crippen molar-refractivity contribution in [3.63, 3.8) is 0 Å². The van der Waals surface area contributed by atoms with E-state index in [9.17, 15) is 4.79 Å². The van der Waals surface area contributed by atoms with Crippen LogP contribution in [0.3, 0.4) is 0 Å². The highest BCUT2D eigenvalue weighted by atomic mass is 16.1. The van der Waals surface area contributed by atoms with E-state index in [-0.39, 0.29) is 5.78 Å². The van der Waals surface area contributed by atoms with Gasteiger partial charge in [-0.15, -0.1) is 0 Å². The first kappa shape index (κ1) is 11.6. The molecule has 0 atom stereocenters. The molecule has 19 heavy (non-hydrogen) atoms. The van der Waals surface area contributed by atoms with Crippen LogP contribution in [0, 0.1) is 0 Å². The van der Waals surface area contributed by atoms with Gasteiger partial charge in [0.1, 0.15) is 0 Å². The summed E-state index contributed by atoms with van der Waals surface area (Å²) >= 11 is 0. The first-order valence-electron chi connectivity index (χ1n) is 6.13. The monoisotopic (exact) mass is 251 g/mol. The molecule has 2 heterocycles. The van der Waals surface area contributed by atoms with Crippen LogP contribution >= 0.6 is 0 Å². The Kier molecular flexibility index (Phi) is 3.06. The van der Waals surface area contributed by atoms with E-state index in [1.165, 1.54) is 0 Å². The molecule has 4 nitrogen and oxygen atoms in total. The fourth-order valence-corrected chi connectivity index (χ4v) is 2.11. The number of carbonyl (C=O) groups is 1. The molecule has 1 aromatic carbocycles. The smallest absolute Gasteiger partial charge is 0.156 e. The maximum atomic E-state index is 12.1. The first-order valence-corrected chi connectivity index (χ1v) is 6.13. The van der Waals surface area contributed by atoms with Gasteiger partial charge in [-0.3, -0.25) is 9.78 Å². The van der Waals surface area contributed by atoms with Gasteiger partial charge in [-0.2, -0.15) is 0 Å². The molecule has 0 saturated carbocycles. The van der Waals surface area contributed by atoms with Gasteiger partial charge < -0.3 is 4.57 Å². The van der Waals surface area contributed by atoms with E-state index in [1.54, 1.807) is 18.7 Å². The fraction of sp³-hybridized carbons (Fsp3) is 0.133. The van der Waals surface area contributed by atoms with Crippen LogP contribution in [0.4, 0.5) is 0 Å². The van der Waals surface area contributed by atoms with Crippen molar-refractivity contribution in [2.75, 3.05) is 0 Å². The molecule has 3 rings (SSSR count). The van der Waals surface area contributed by atoms with Crippen molar-refractivity contribution in [2.45, 2.75) is 13.0 Å². The molecule has 0 N–H and O–H groups in total. The summed E-state index contributed by atoms with van der Waals surface area (Å²) in [6.07, 6.45) is 5.55. The number of rotatable bonds is 4. The Morgan fingerprint density at radius 2 is 1.89 bits per heavy atom. The molecule has 3 aromatic rings.